The molecule has 2 atom stereocenters. The first-order chi connectivity index (χ1) is 6.72. The second kappa shape index (κ2) is 4.01. The Bertz CT molecular complexity index is 335. The zero-order chi connectivity index (χ0) is 10.1. The Kier molecular flexibility index (Phi) is 2.91. The van der Waals surface area contributed by atoms with Gasteiger partial charge in [-0.2, -0.15) is 0 Å². The summed E-state index contributed by atoms with van der Waals surface area (Å²) in [6.45, 7) is 2.19. The molecule has 0 N–H and O–H groups in total. The fourth-order valence-electron chi connectivity index (χ4n) is 2.12. The minimum atomic E-state index is -0.0528. The predicted molar refractivity (Wildman–Crippen MR) is 59.9 cm³/mol. The molecule has 14 heavy (non-hydrogen) atoms. The van der Waals surface area contributed by atoms with Crippen molar-refractivity contribution in [2.45, 2.75) is 32.1 Å². The maximum Gasteiger partial charge on any atom is 0.127 e. The minimum Gasteiger partial charge on any atom is -0.207 e. The van der Waals surface area contributed by atoms with Crippen molar-refractivity contribution in [3.63, 3.8) is 0 Å². The molecule has 0 spiro atoms. The van der Waals surface area contributed by atoms with Gasteiger partial charge in [0, 0.05) is 4.47 Å². The van der Waals surface area contributed by atoms with Crippen molar-refractivity contribution >= 4 is 15.9 Å². The molecule has 2 heteroatoms. The molecular weight excluding hydrogens is 243 g/mol. The summed E-state index contributed by atoms with van der Waals surface area (Å²) in [6.07, 6.45) is 3.62. The lowest BCUT2D eigenvalue weighted by Gasteiger charge is -2.02. The van der Waals surface area contributed by atoms with Crippen LogP contribution < -0.4 is 0 Å². The molecule has 0 heterocycles. The van der Waals surface area contributed by atoms with Gasteiger partial charge in [0.25, 0.3) is 0 Å². The van der Waals surface area contributed by atoms with Gasteiger partial charge in [-0.25, -0.2) is 4.39 Å². The summed E-state index contributed by atoms with van der Waals surface area (Å²) in [5, 5.41) is 0. The number of benzene rings is 1. The van der Waals surface area contributed by atoms with Gasteiger partial charge >= 0.3 is 0 Å². The summed E-state index contributed by atoms with van der Waals surface area (Å²) in [5.74, 6) is 1.17. The topological polar surface area (TPSA) is 0 Å². The quantitative estimate of drug-likeness (QED) is 0.748. The van der Waals surface area contributed by atoms with Crippen molar-refractivity contribution in [3.8, 4) is 0 Å². The highest BCUT2D eigenvalue weighted by Gasteiger charge is 2.38. The van der Waals surface area contributed by atoms with Crippen molar-refractivity contribution in [1.82, 2.24) is 0 Å². The Labute approximate surface area is 92.6 Å². The molecule has 1 aromatic rings. The molecule has 1 aromatic carbocycles. The van der Waals surface area contributed by atoms with Crippen LogP contribution in [-0.2, 0) is 0 Å². The summed E-state index contributed by atoms with van der Waals surface area (Å²) in [7, 11) is 0. The maximum absolute atomic E-state index is 13.5. The van der Waals surface area contributed by atoms with Crippen molar-refractivity contribution in [3.05, 3.63) is 34.1 Å². The first-order valence-corrected chi connectivity index (χ1v) is 5.96. The van der Waals surface area contributed by atoms with E-state index < -0.39 is 0 Å². The van der Waals surface area contributed by atoms with Gasteiger partial charge in [0.05, 0.1) is 0 Å². The van der Waals surface area contributed by atoms with E-state index in [0.717, 1.165) is 16.0 Å². The van der Waals surface area contributed by atoms with Crippen LogP contribution >= 0.6 is 15.9 Å². The van der Waals surface area contributed by atoms with E-state index >= 15 is 0 Å². The third kappa shape index (κ3) is 2.00. The van der Waals surface area contributed by atoms with Crippen LogP contribution in [0.1, 0.15) is 37.7 Å². The van der Waals surface area contributed by atoms with Gasteiger partial charge in [-0.3, -0.25) is 0 Å². The lowest BCUT2D eigenvalue weighted by Crippen LogP contribution is -1.89. The van der Waals surface area contributed by atoms with E-state index in [2.05, 4.69) is 22.9 Å². The number of halogens is 2. The van der Waals surface area contributed by atoms with Crippen LogP contribution in [0.25, 0.3) is 0 Å². The zero-order valence-corrected chi connectivity index (χ0v) is 9.85. The van der Waals surface area contributed by atoms with Gasteiger partial charge in [-0.15, -0.1) is 0 Å². The Morgan fingerprint density at radius 3 is 2.93 bits per heavy atom. The maximum atomic E-state index is 13.5. The largest absolute Gasteiger partial charge is 0.207 e. The molecule has 0 aromatic heterocycles. The van der Waals surface area contributed by atoms with Gasteiger partial charge in [-0.05, 0) is 36.0 Å². The molecule has 76 valence electrons. The smallest absolute Gasteiger partial charge is 0.127 e. The summed E-state index contributed by atoms with van der Waals surface area (Å²) < 4.78 is 14.4. The van der Waals surface area contributed by atoms with Crippen LogP contribution in [0.15, 0.2) is 22.7 Å². The standard InChI is InChI=1S/C12H14BrF/c1-2-3-8-6-11(8)10-5-4-9(13)7-12(10)14/h4-5,7-8,11H,2-3,6H2,1H3. The minimum absolute atomic E-state index is 0.0528. The van der Waals surface area contributed by atoms with E-state index in [1.807, 2.05) is 12.1 Å². The van der Waals surface area contributed by atoms with E-state index in [1.165, 1.54) is 19.3 Å². The van der Waals surface area contributed by atoms with Crippen LogP contribution in [0.5, 0.6) is 0 Å². The third-order valence-corrected chi connectivity index (χ3v) is 3.44. The molecule has 0 radical (unpaired) electrons. The molecular formula is C12H14BrF. The highest BCUT2D eigenvalue weighted by atomic mass is 79.9. The summed E-state index contributed by atoms with van der Waals surface area (Å²) in [4.78, 5) is 0. The predicted octanol–water partition coefficient (Wildman–Crippen LogP) is 4.49. The Balaban J connectivity index is 2.11. The van der Waals surface area contributed by atoms with E-state index in [9.17, 15) is 4.39 Å². The summed E-state index contributed by atoms with van der Waals surface area (Å²) in [5.41, 5.74) is 0.909. The van der Waals surface area contributed by atoms with Gasteiger partial charge in [-0.1, -0.05) is 41.8 Å². The second-order valence-corrected chi connectivity index (χ2v) is 4.97. The molecule has 2 unspecified atom stereocenters. The number of hydrogen-bond donors (Lipinski definition) is 0. The van der Waals surface area contributed by atoms with E-state index in [1.54, 1.807) is 6.07 Å². The molecule has 0 saturated heterocycles. The first-order valence-electron chi connectivity index (χ1n) is 5.17. The zero-order valence-electron chi connectivity index (χ0n) is 8.26. The molecule has 2 rings (SSSR count). The van der Waals surface area contributed by atoms with Gasteiger partial charge in [0.15, 0.2) is 0 Å². The fourth-order valence-corrected chi connectivity index (χ4v) is 2.45. The van der Waals surface area contributed by atoms with Crippen molar-refractivity contribution < 1.29 is 4.39 Å². The fraction of sp³-hybridized carbons (Fsp3) is 0.500. The number of hydrogen-bond acceptors (Lipinski definition) is 0. The van der Waals surface area contributed by atoms with Crippen molar-refractivity contribution in [2.24, 2.45) is 5.92 Å². The van der Waals surface area contributed by atoms with E-state index in [-0.39, 0.29) is 5.82 Å². The average Bonchev–Trinajstić information content (AvgIpc) is 2.84. The van der Waals surface area contributed by atoms with E-state index in [4.69, 9.17) is 0 Å². The molecule has 0 bridgehead atoms. The van der Waals surface area contributed by atoms with E-state index in [0.29, 0.717) is 5.92 Å². The lowest BCUT2D eigenvalue weighted by molar-refractivity contribution is 0.599. The molecule has 0 amide bonds. The van der Waals surface area contributed by atoms with Crippen LogP contribution in [-0.4, -0.2) is 0 Å². The van der Waals surface area contributed by atoms with Crippen LogP contribution in [0.4, 0.5) is 4.39 Å². The number of rotatable bonds is 3. The normalized spacial score (nSPS) is 25.1. The first kappa shape index (κ1) is 10.2. The summed E-state index contributed by atoms with van der Waals surface area (Å²) in [6, 6.07) is 5.41. The Hall–Kier alpha value is -0.370. The SMILES string of the molecule is CCCC1CC1c1ccc(Br)cc1F. The Morgan fingerprint density at radius 1 is 1.50 bits per heavy atom. The van der Waals surface area contributed by atoms with Gasteiger partial charge < -0.3 is 0 Å². The third-order valence-electron chi connectivity index (χ3n) is 2.94. The van der Waals surface area contributed by atoms with Crippen LogP contribution in [0, 0.1) is 11.7 Å². The molecule has 1 aliphatic rings. The Morgan fingerprint density at radius 2 is 2.29 bits per heavy atom. The van der Waals surface area contributed by atoms with Crippen LogP contribution in [0.3, 0.4) is 0 Å². The summed E-state index contributed by atoms with van der Waals surface area (Å²) >= 11 is 3.27. The highest BCUT2D eigenvalue weighted by Crippen LogP contribution is 2.50. The molecule has 1 aliphatic carbocycles. The van der Waals surface area contributed by atoms with Gasteiger partial charge in [0.2, 0.25) is 0 Å². The molecule has 1 fully saturated rings. The van der Waals surface area contributed by atoms with Crippen molar-refractivity contribution in [1.29, 1.82) is 0 Å². The lowest BCUT2D eigenvalue weighted by atomic mass is 10.1. The highest BCUT2D eigenvalue weighted by molar-refractivity contribution is 9.10. The van der Waals surface area contributed by atoms with Crippen molar-refractivity contribution in [2.75, 3.05) is 0 Å². The monoisotopic (exact) mass is 256 g/mol. The second-order valence-electron chi connectivity index (χ2n) is 4.06. The molecule has 0 aliphatic heterocycles. The molecule has 0 nitrogen and oxygen atoms in total. The van der Waals surface area contributed by atoms with Gasteiger partial charge in [0.1, 0.15) is 5.82 Å². The molecule has 1 saturated carbocycles. The van der Waals surface area contributed by atoms with Crippen LogP contribution in [0.2, 0.25) is 0 Å². The average molecular weight is 257 g/mol.